The second kappa shape index (κ2) is 5.93. The molecular formula is C13H20N4O. The summed E-state index contributed by atoms with van der Waals surface area (Å²) < 4.78 is 0. The molecule has 0 unspecified atom stereocenters. The van der Waals surface area contributed by atoms with Crippen LogP contribution in [0.15, 0.2) is 18.3 Å². The Labute approximate surface area is 108 Å². The summed E-state index contributed by atoms with van der Waals surface area (Å²) in [6.07, 6.45) is 1.74. The van der Waals surface area contributed by atoms with Crippen LogP contribution in [0.2, 0.25) is 0 Å². The predicted octanol–water partition coefficient (Wildman–Crippen LogP) is 0.318. The fraction of sp³-hybridized carbons (Fsp3) is 0.538. The topological polar surface area (TPSA) is 62.5 Å². The highest BCUT2D eigenvalue weighted by molar-refractivity contribution is 5.90. The summed E-state index contributed by atoms with van der Waals surface area (Å²) in [6.45, 7) is 8.65. The van der Waals surface area contributed by atoms with E-state index in [1.165, 1.54) is 0 Å². The van der Waals surface area contributed by atoms with Gasteiger partial charge >= 0.3 is 0 Å². The normalized spacial score (nSPS) is 17.8. The van der Waals surface area contributed by atoms with E-state index < -0.39 is 5.91 Å². The minimum atomic E-state index is -0.474. The van der Waals surface area contributed by atoms with Crippen LogP contribution in [0.1, 0.15) is 23.0 Å². The van der Waals surface area contributed by atoms with Crippen molar-refractivity contribution >= 4 is 5.91 Å². The van der Waals surface area contributed by atoms with Crippen molar-refractivity contribution in [2.24, 2.45) is 5.73 Å². The third kappa shape index (κ3) is 3.27. The largest absolute Gasteiger partial charge is 0.364 e. The lowest BCUT2D eigenvalue weighted by atomic mass is 10.2. The first kappa shape index (κ1) is 13.0. The van der Waals surface area contributed by atoms with Crippen molar-refractivity contribution in [2.45, 2.75) is 13.5 Å². The minimum absolute atomic E-state index is 0.328. The number of rotatable bonds is 4. The molecule has 2 heterocycles. The molecule has 0 aromatic carbocycles. The Morgan fingerprint density at radius 1 is 1.28 bits per heavy atom. The molecule has 1 saturated heterocycles. The Hall–Kier alpha value is -1.46. The molecule has 0 bridgehead atoms. The highest BCUT2D eigenvalue weighted by Gasteiger charge is 2.15. The van der Waals surface area contributed by atoms with Gasteiger partial charge in [0.05, 0.1) is 0 Å². The Kier molecular flexibility index (Phi) is 4.28. The molecule has 1 amide bonds. The molecule has 2 N–H and O–H groups in total. The molecule has 1 aromatic rings. The Balaban J connectivity index is 1.88. The number of carbonyl (C=O) groups is 1. The molecule has 1 aliphatic heterocycles. The van der Waals surface area contributed by atoms with E-state index in [4.69, 9.17) is 5.73 Å². The van der Waals surface area contributed by atoms with Crippen molar-refractivity contribution in [1.82, 2.24) is 14.8 Å². The molecule has 0 radical (unpaired) electrons. The van der Waals surface area contributed by atoms with Crippen molar-refractivity contribution in [2.75, 3.05) is 32.7 Å². The Bertz CT molecular complexity index is 396. The van der Waals surface area contributed by atoms with Gasteiger partial charge in [0.2, 0.25) is 0 Å². The van der Waals surface area contributed by atoms with E-state index in [0.717, 1.165) is 44.8 Å². The number of piperazine rings is 1. The van der Waals surface area contributed by atoms with Crippen LogP contribution in [0.5, 0.6) is 0 Å². The maximum atomic E-state index is 10.9. The van der Waals surface area contributed by atoms with Gasteiger partial charge in [-0.2, -0.15) is 0 Å². The van der Waals surface area contributed by atoms with Crippen LogP contribution >= 0.6 is 0 Å². The van der Waals surface area contributed by atoms with Crippen molar-refractivity contribution in [3.8, 4) is 0 Å². The fourth-order valence-corrected chi connectivity index (χ4v) is 2.19. The summed E-state index contributed by atoms with van der Waals surface area (Å²) in [7, 11) is 0. The van der Waals surface area contributed by atoms with Gasteiger partial charge in [0, 0.05) is 38.9 Å². The van der Waals surface area contributed by atoms with Crippen molar-refractivity contribution in [1.29, 1.82) is 0 Å². The van der Waals surface area contributed by atoms with Crippen molar-refractivity contribution in [3.05, 3.63) is 29.6 Å². The number of pyridine rings is 1. The molecule has 1 fully saturated rings. The molecule has 0 spiro atoms. The second-order valence-electron chi connectivity index (χ2n) is 4.63. The van der Waals surface area contributed by atoms with Crippen LogP contribution < -0.4 is 5.73 Å². The SMILES string of the molecule is CCN1CCN(Cc2ccc(C(N)=O)nc2)CC1. The van der Waals surface area contributed by atoms with Gasteiger partial charge in [0.1, 0.15) is 5.69 Å². The van der Waals surface area contributed by atoms with Gasteiger partial charge in [0.15, 0.2) is 0 Å². The third-order valence-corrected chi connectivity index (χ3v) is 3.40. The summed E-state index contributed by atoms with van der Waals surface area (Å²) in [4.78, 5) is 19.8. The standard InChI is InChI=1S/C13H20N4O/c1-2-16-5-7-17(8-6-16)10-11-3-4-12(13(14)18)15-9-11/h3-4,9H,2,5-8,10H2,1H3,(H2,14,18). The highest BCUT2D eigenvalue weighted by atomic mass is 16.1. The molecule has 0 atom stereocenters. The first-order valence-corrected chi connectivity index (χ1v) is 6.38. The van der Waals surface area contributed by atoms with Gasteiger partial charge in [-0.3, -0.25) is 14.7 Å². The number of likely N-dealkylation sites (N-methyl/N-ethyl adjacent to an activating group) is 1. The molecule has 5 heteroatoms. The van der Waals surface area contributed by atoms with Crippen LogP contribution in [0.4, 0.5) is 0 Å². The molecule has 98 valence electrons. The highest BCUT2D eigenvalue weighted by Crippen LogP contribution is 2.08. The molecule has 18 heavy (non-hydrogen) atoms. The number of amides is 1. The molecule has 5 nitrogen and oxygen atoms in total. The smallest absolute Gasteiger partial charge is 0.267 e. The number of primary amides is 1. The van der Waals surface area contributed by atoms with Gasteiger partial charge in [-0.15, -0.1) is 0 Å². The van der Waals surface area contributed by atoms with Gasteiger partial charge in [-0.05, 0) is 18.2 Å². The number of carbonyl (C=O) groups excluding carboxylic acids is 1. The molecular weight excluding hydrogens is 228 g/mol. The van der Waals surface area contributed by atoms with Gasteiger partial charge in [0.25, 0.3) is 5.91 Å². The van der Waals surface area contributed by atoms with Crippen LogP contribution in [-0.4, -0.2) is 53.4 Å². The van der Waals surface area contributed by atoms with Crippen LogP contribution in [0, 0.1) is 0 Å². The van der Waals surface area contributed by atoms with Gasteiger partial charge in [-0.25, -0.2) is 0 Å². The summed E-state index contributed by atoms with van der Waals surface area (Å²) in [6, 6.07) is 3.62. The van der Waals surface area contributed by atoms with E-state index in [9.17, 15) is 4.79 Å². The zero-order chi connectivity index (χ0) is 13.0. The fourth-order valence-electron chi connectivity index (χ4n) is 2.19. The van der Waals surface area contributed by atoms with Crippen LogP contribution in [0.3, 0.4) is 0 Å². The lowest BCUT2D eigenvalue weighted by molar-refractivity contribution is 0.0995. The molecule has 0 aliphatic carbocycles. The number of aromatic nitrogens is 1. The number of nitrogens with zero attached hydrogens (tertiary/aromatic N) is 3. The van der Waals surface area contributed by atoms with Crippen LogP contribution in [0.25, 0.3) is 0 Å². The third-order valence-electron chi connectivity index (χ3n) is 3.40. The first-order chi connectivity index (χ1) is 8.69. The van der Waals surface area contributed by atoms with E-state index in [1.54, 1.807) is 12.3 Å². The molecule has 0 saturated carbocycles. The summed E-state index contributed by atoms with van der Waals surface area (Å²) in [5, 5.41) is 0. The molecule has 2 rings (SSSR count). The monoisotopic (exact) mass is 248 g/mol. The quantitative estimate of drug-likeness (QED) is 0.833. The average molecular weight is 248 g/mol. The number of hydrogen-bond donors (Lipinski definition) is 1. The maximum absolute atomic E-state index is 10.9. The lowest BCUT2D eigenvalue weighted by Gasteiger charge is -2.33. The Morgan fingerprint density at radius 3 is 2.44 bits per heavy atom. The van der Waals surface area contributed by atoms with Crippen molar-refractivity contribution in [3.63, 3.8) is 0 Å². The van der Waals surface area contributed by atoms with Gasteiger partial charge < -0.3 is 10.6 Å². The van der Waals surface area contributed by atoms with E-state index in [2.05, 4.69) is 21.7 Å². The molecule has 1 aliphatic rings. The zero-order valence-electron chi connectivity index (χ0n) is 10.8. The predicted molar refractivity (Wildman–Crippen MR) is 70.1 cm³/mol. The summed E-state index contributed by atoms with van der Waals surface area (Å²) in [5.74, 6) is -0.474. The maximum Gasteiger partial charge on any atom is 0.267 e. The Morgan fingerprint density at radius 2 is 1.94 bits per heavy atom. The number of hydrogen-bond acceptors (Lipinski definition) is 4. The van der Waals surface area contributed by atoms with Crippen LogP contribution in [-0.2, 0) is 6.54 Å². The molecule has 1 aromatic heterocycles. The van der Waals surface area contributed by atoms with Gasteiger partial charge in [-0.1, -0.05) is 13.0 Å². The average Bonchev–Trinajstić information content (AvgIpc) is 2.40. The second-order valence-corrected chi connectivity index (χ2v) is 4.63. The van der Waals surface area contributed by atoms with E-state index in [0.29, 0.717) is 5.69 Å². The zero-order valence-corrected chi connectivity index (χ0v) is 10.8. The minimum Gasteiger partial charge on any atom is -0.364 e. The van der Waals surface area contributed by atoms with E-state index >= 15 is 0 Å². The van der Waals surface area contributed by atoms with Crippen molar-refractivity contribution < 1.29 is 4.79 Å². The summed E-state index contributed by atoms with van der Waals surface area (Å²) in [5.41, 5.74) is 6.62. The van der Waals surface area contributed by atoms with E-state index in [-0.39, 0.29) is 0 Å². The summed E-state index contributed by atoms with van der Waals surface area (Å²) >= 11 is 0. The first-order valence-electron chi connectivity index (χ1n) is 6.38. The van der Waals surface area contributed by atoms with E-state index in [1.807, 2.05) is 6.07 Å². The number of nitrogens with two attached hydrogens (primary N) is 1. The lowest BCUT2D eigenvalue weighted by Crippen LogP contribution is -2.45.